The highest BCUT2D eigenvalue weighted by molar-refractivity contribution is 5.13. The molecule has 2 heteroatoms. The summed E-state index contributed by atoms with van der Waals surface area (Å²) in [5, 5.41) is 3.54. The van der Waals surface area contributed by atoms with Crippen LogP contribution < -0.4 is 5.32 Å². The zero-order valence-corrected chi connectivity index (χ0v) is 8.29. The standard InChI is InChI=1S/C11H18N2/c1-2-8-13-9-4-6-11(13)10-5-3-7-12-10/h4,6,9-10,12H,2-3,5,7-8H2,1H3/t10-/m1/s1. The highest BCUT2D eigenvalue weighted by Gasteiger charge is 2.18. The summed E-state index contributed by atoms with van der Waals surface area (Å²) in [6, 6.07) is 5.02. The van der Waals surface area contributed by atoms with Gasteiger partial charge in [-0.2, -0.15) is 0 Å². The third-order valence-corrected chi connectivity index (χ3v) is 2.75. The summed E-state index contributed by atoms with van der Waals surface area (Å²) >= 11 is 0. The fraction of sp³-hybridized carbons (Fsp3) is 0.636. The SMILES string of the molecule is CCCn1cccc1[C@H]1CCCN1. The molecule has 2 heterocycles. The van der Waals surface area contributed by atoms with Crippen molar-refractivity contribution in [2.24, 2.45) is 0 Å². The Balaban J connectivity index is 2.13. The first-order valence-electron chi connectivity index (χ1n) is 5.30. The summed E-state index contributed by atoms with van der Waals surface area (Å²) < 4.78 is 2.38. The molecule has 1 saturated heterocycles. The van der Waals surface area contributed by atoms with E-state index in [0.717, 1.165) is 6.54 Å². The van der Waals surface area contributed by atoms with Crippen LogP contribution in [0.4, 0.5) is 0 Å². The fourth-order valence-corrected chi connectivity index (χ4v) is 2.13. The summed E-state index contributed by atoms with van der Waals surface area (Å²) in [7, 11) is 0. The fourth-order valence-electron chi connectivity index (χ4n) is 2.13. The molecule has 13 heavy (non-hydrogen) atoms. The third kappa shape index (κ3) is 1.78. The van der Waals surface area contributed by atoms with E-state index < -0.39 is 0 Å². The minimum absolute atomic E-state index is 0.613. The van der Waals surface area contributed by atoms with Crippen LogP contribution >= 0.6 is 0 Å². The Labute approximate surface area is 79.9 Å². The van der Waals surface area contributed by atoms with Gasteiger partial charge in [-0.05, 0) is 37.9 Å². The lowest BCUT2D eigenvalue weighted by atomic mass is 10.1. The zero-order chi connectivity index (χ0) is 9.10. The summed E-state index contributed by atoms with van der Waals surface area (Å²) in [5.41, 5.74) is 1.47. The van der Waals surface area contributed by atoms with Crippen LogP contribution in [0.15, 0.2) is 18.3 Å². The van der Waals surface area contributed by atoms with Crippen molar-refractivity contribution >= 4 is 0 Å². The van der Waals surface area contributed by atoms with E-state index >= 15 is 0 Å². The van der Waals surface area contributed by atoms with Gasteiger partial charge >= 0.3 is 0 Å². The summed E-state index contributed by atoms with van der Waals surface area (Å²) in [4.78, 5) is 0. The third-order valence-electron chi connectivity index (χ3n) is 2.75. The first-order chi connectivity index (χ1) is 6.42. The molecule has 72 valence electrons. The van der Waals surface area contributed by atoms with Crippen LogP contribution in [0.3, 0.4) is 0 Å². The van der Waals surface area contributed by atoms with Crippen molar-refractivity contribution in [1.82, 2.24) is 9.88 Å². The van der Waals surface area contributed by atoms with Gasteiger partial charge in [-0.1, -0.05) is 6.92 Å². The number of rotatable bonds is 3. The molecule has 1 atom stereocenters. The molecule has 0 aromatic carbocycles. The second-order valence-electron chi connectivity index (χ2n) is 3.78. The molecular weight excluding hydrogens is 160 g/mol. The number of hydrogen-bond acceptors (Lipinski definition) is 1. The first-order valence-corrected chi connectivity index (χ1v) is 5.30. The highest BCUT2D eigenvalue weighted by atomic mass is 15.0. The lowest BCUT2D eigenvalue weighted by molar-refractivity contribution is 0.559. The molecule has 0 radical (unpaired) electrons. The molecule has 1 fully saturated rings. The number of nitrogens with one attached hydrogen (secondary N) is 1. The van der Waals surface area contributed by atoms with Crippen molar-refractivity contribution in [1.29, 1.82) is 0 Å². The molecule has 1 N–H and O–H groups in total. The van der Waals surface area contributed by atoms with Crippen molar-refractivity contribution in [2.45, 2.75) is 38.8 Å². The molecule has 2 nitrogen and oxygen atoms in total. The molecule has 1 aliphatic heterocycles. The van der Waals surface area contributed by atoms with Crippen molar-refractivity contribution in [3.8, 4) is 0 Å². The van der Waals surface area contributed by atoms with Gasteiger partial charge in [-0.3, -0.25) is 0 Å². The van der Waals surface area contributed by atoms with Gasteiger partial charge in [0.2, 0.25) is 0 Å². The predicted octanol–water partition coefficient (Wildman–Crippen LogP) is 2.32. The Bertz CT molecular complexity index is 259. The van der Waals surface area contributed by atoms with Crippen molar-refractivity contribution in [3.05, 3.63) is 24.0 Å². The Kier molecular flexibility index (Phi) is 2.69. The summed E-state index contributed by atoms with van der Waals surface area (Å²) in [6.07, 6.45) is 6.03. The van der Waals surface area contributed by atoms with Crippen LogP contribution in [0.2, 0.25) is 0 Å². The van der Waals surface area contributed by atoms with Crippen molar-refractivity contribution < 1.29 is 0 Å². The van der Waals surface area contributed by atoms with Gasteiger partial charge in [0.15, 0.2) is 0 Å². The molecule has 0 amide bonds. The van der Waals surface area contributed by atoms with Gasteiger partial charge in [-0.15, -0.1) is 0 Å². The van der Waals surface area contributed by atoms with Crippen LogP contribution in [0, 0.1) is 0 Å². The summed E-state index contributed by atoms with van der Waals surface area (Å²) in [6.45, 7) is 4.56. The quantitative estimate of drug-likeness (QED) is 0.751. The highest BCUT2D eigenvalue weighted by Crippen LogP contribution is 2.23. The van der Waals surface area contributed by atoms with E-state index in [1.807, 2.05) is 0 Å². The molecule has 1 aliphatic rings. The van der Waals surface area contributed by atoms with Gasteiger partial charge < -0.3 is 9.88 Å². The smallest absolute Gasteiger partial charge is 0.0475 e. The Morgan fingerprint density at radius 3 is 3.23 bits per heavy atom. The minimum atomic E-state index is 0.613. The predicted molar refractivity (Wildman–Crippen MR) is 54.7 cm³/mol. The van der Waals surface area contributed by atoms with Gasteiger partial charge in [0.1, 0.15) is 0 Å². The van der Waals surface area contributed by atoms with Crippen LogP contribution in [0.5, 0.6) is 0 Å². The topological polar surface area (TPSA) is 17.0 Å². The molecule has 0 bridgehead atoms. The van der Waals surface area contributed by atoms with E-state index in [1.165, 1.54) is 31.5 Å². The van der Waals surface area contributed by atoms with Gasteiger partial charge in [0.05, 0.1) is 0 Å². The van der Waals surface area contributed by atoms with Gasteiger partial charge in [0.25, 0.3) is 0 Å². The molecule has 0 spiro atoms. The molecule has 0 saturated carbocycles. The molecule has 2 rings (SSSR count). The monoisotopic (exact) mass is 178 g/mol. The number of hydrogen-bond donors (Lipinski definition) is 1. The van der Waals surface area contributed by atoms with E-state index in [4.69, 9.17) is 0 Å². The molecular formula is C11H18N2. The summed E-state index contributed by atoms with van der Waals surface area (Å²) in [5.74, 6) is 0. The second kappa shape index (κ2) is 3.97. The Hall–Kier alpha value is -0.760. The van der Waals surface area contributed by atoms with E-state index in [0.29, 0.717) is 6.04 Å². The van der Waals surface area contributed by atoms with Crippen LogP contribution in [0.25, 0.3) is 0 Å². The van der Waals surface area contributed by atoms with E-state index in [1.54, 1.807) is 0 Å². The lowest BCUT2D eigenvalue weighted by Crippen LogP contribution is -2.16. The maximum atomic E-state index is 3.54. The lowest BCUT2D eigenvalue weighted by Gasteiger charge is -2.14. The van der Waals surface area contributed by atoms with Gasteiger partial charge in [-0.25, -0.2) is 0 Å². The van der Waals surface area contributed by atoms with E-state index in [9.17, 15) is 0 Å². The molecule has 1 aromatic heterocycles. The number of nitrogens with zero attached hydrogens (tertiary/aromatic N) is 1. The maximum absolute atomic E-state index is 3.54. The van der Waals surface area contributed by atoms with Crippen molar-refractivity contribution in [2.75, 3.05) is 6.54 Å². The number of aromatic nitrogens is 1. The van der Waals surface area contributed by atoms with Crippen LogP contribution in [-0.2, 0) is 6.54 Å². The molecule has 0 unspecified atom stereocenters. The van der Waals surface area contributed by atoms with Crippen LogP contribution in [-0.4, -0.2) is 11.1 Å². The van der Waals surface area contributed by atoms with E-state index in [-0.39, 0.29) is 0 Å². The Morgan fingerprint density at radius 1 is 1.62 bits per heavy atom. The number of aryl methyl sites for hydroxylation is 1. The molecule has 0 aliphatic carbocycles. The molecule has 1 aromatic rings. The van der Waals surface area contributed by atoms with Crippen LogP contribution in [0.1, 0.15) is 37.9 Å². The Morgan fingerprint density at radius 2 is 2.54 bits per heavy atom. The minimum Gasteiger partial charge on any atom is -0.350 e. The van der Waals surface area contributed by atoms with Gasteiger partial charge in [0, 0.05) is 24.5 Å². The maximum Gasteiger partial charge on any atom is 0.0475 e. The van der Waals surface area contributed by atoms with Crippen molar-refractivity contribution in [3.63, 3.8) is 0 Å². The first kappa shape index (κ1) is 8.82. The average Bonchev–Trinajstić information content (AvgIpc) is 2.71. The van der Waals surface area contributed by atoms with E-state index in [2.05, 4.69) is 35.1 Å². The normalized spacial score (nSPS) is 22.4. The second-order valence-corrected chi connectivity index (χ2v) is 3.78. The average molecular weight is 178 g/mol. The largest absolute Gasteiger partial charge is 0.350 e. The zero-order valence-electron chi connectivity index (χ0n) is 8.29.